The normalized spacial score (nSPS) is 12.1. The molecule has 0 bridgehead atoms. The van der Waals surface area contributed by atoms with Gasteiger partial charge in [-0.05, 0) is 66.9 Å². The van der Waals surface area contributed by atoms with Crippen LogP contribution in [0.1, 0.15) is 25.8 Å². The number of sulfonamides is 1. The van der Waals surface area contributed by atoms with Crippen molar-refractivity contribution in [3.63, 3.8) is 0 Å². The van der Waals surface area contributed by atoms with Gasteiger partial charge in [-0.25, -0.2) is 8.42 Å². The third-order valence-corrected chi connectivity index (χ3v) is 6.13. The zero-order valence-electron chi connectivity index (χ0n) is 17.5. The predicted octanol–water partition coefficient (Wildman–Crippen LogP) is 4.85. The summed E-state index contributed by atoms with van der Waals surface area (Å²) in [7, 11) is -3.71. The Morgan fingerprint density at radius 2 is 1.52 bits per heavy atom. The van der Waals surface area contributed by atoms with Crippen LogP contribution in [-0.2, 0) is 21.2 Å². The quantitative estimate of drug-likeness (QED) is 0.500. The highest BCUT2D eigenvalue weighted by molar-refractivity contribution is 7.92. The third kappa shape index (κ3) is 6.08. The first-order valence-corrected chi connectivity index (χ1v) is 11.6. The largest absolute Gasteiger partial charge is 0.481 e. The summed E-state index contributed by atoms with van der Waals surface area (Å²) in [6.07, 6.45) is 0.773. The van der Waals surface area contributed by atoms with Crippen molar-refractivity contribution in [2.75, 3.05) is 10.0 Å². The minimum absolute atomic E-state index is 0.105. The first-order valence-electron chi connectivity index (χ1n) is 10.2. The van der Waals surface area contributed by atoms with Gasteiger partial charge in [0.15, 0.2) is 6.10 Å². The molecule has 7 heteroatoms. The number of nitrogens with one attached hydrogen (secondary N) is 2. The molecule has 0 aliphatic rings. The van der Waals surface area contributed by atoms with Crippen LogP contribution in [0.2, 0.25) is 0 Å². The second-order valence-corrected chi connectivity index (χ2v) is 8.68. The molecule has 0 saturated carbocycles. The summed E-state index contributed by atoms with van der Waals surface area (Å²) < 4.78 is 33.4. The van der Waals surface area contributed by atoms with E-state index in [9.17, 15) is 13.2 Å². The minimum Gasteiger partial charge on any atom is -0.481 e. The number of aryl methyl sites for hydroxylation is 1. The third-order valence-electron chi connectivity index (χ3n) is 4.73. The molecule has 3 rings (SSSR count). The lowest BCUT2D eigenvalue weighted by atomic mass is 10.1. The molecule has 0 aliphatic heterocycles. The van der Waals surface area contributed by atoms with Crippen LogP contribution in [0.15, 0.2) is 83.8 Å². The van der Waals surface area contributed by atoms with Gasteiger partial charge in [0.05, 0.1) is 4.90 Å². The smallest absolute Gasteiger partial charge is 0.265 e. The molecule has 0 fully saturated rings. The Hall–Kier alpha value is -3.32. The molecule has 0 unspecified atom stereocenters. The van der Waals surface area contributed by atoms with Gasteiger partial charge in [0.25, 0.3) is 15.9 Å². The standard InChI is InChI=1S/C24H26N2O4S/c1-3-18-10-14-21(15-11-18)30-23(4-2)24(27)25-19-12-16-22(17-13-19)31(28,29)26-20-8-6-5-7-9-20/h5-17,23,26H,3-4H2,1-2H3,(H,25,27)/t23-/m1/s1. The first-order chi connectivity index (χ1) is 14.9. The van der Waals surface area contributed by atoms with Crippen LogP contribution in [-0.4, -0.2) is 20.4 Å². The number of para-hydroxylation sites is 1. The van der Waals surface area contributed by atoms with Gasteiger partial charge in [0.1, 0.15) is 5.75 Å². The highest BCUT2D eigenvalue weighted by Crippen LogP contribution is 2.20. The van der Waals surface area contributed by atoms with Gasteiger partial charge in [-0.1, -0.05) is 44.2 Å². The van der Waals surface area contributed by atoms with E-state index in [-0.39, 0.29) is 10.8 Å². The maximum Gasteiger partial charge on any atom is 0.265 e. The van der Waals surface area contributed by atoms with E-state index in [0.29, 0.717) is 23.5 Å². The molecule has 0 aromatic heterocycles. The Bertz CT molecular complexity index is 1100. The van der Waals surface area contributed by atoms with Crippen LogP contribution in [0.25, 0.3) is 0 Å². The van der Waals surface area contributed by atoms with E-state index in [1.54, 1.807) is 36.4 Å². The lowest BCUT2D eigenvalue weighted by molar-refractivity contribution is -0.122. The van der Waals surface area contributed by atoms with Crippen molar-refractivity contribution in [1.29, 1.82) is 0 Å². The summed E-state index contributed by atoms with van der Waals surface area (Å²) in [6, 6.07) is 22.3. The van der Waals surface area contributed by atoms with Gasteiger partial charge < -0.3 is 10.1 Å². The fourth-order valence-electron chi connectivity index (χ4n) is 2.95. The molecule has 3 aromatic carbocycles. The number of rotatable bonds is 9. The minimum atomic E-state index is -3.71. The van der Waals surface area contributed by atoms with Crippen LogP contribution in [0.5, 0.6) is 5.75 Å². The summed E-state index contributed by atoms with van der Waals surface area (Å²) in [4.78, 5) is 12.7. The Labute approximate surface area is 183 Å². The first kappa shape index (κ1) is 22.4. The summed E-state index contributed by atoms with van der Waals surface area (Å²) >= 11 is 0. The maximum atomic E-state index is 12.6. The van der Waals surface area contributed by atoms with Gasteiger partial charge in [-0.15, -0.1) is 0 Å². The van der Waals surface area contributed by atoms with Crippen molar-refractivity contribution in [2.45, 2.75) is 37.7 Å². The van der Waals surface area contributed by atoms with Crippen molar-refractivity contribution in [3.8, 4) is 5.75 Å². The number of hydrogen-bond donors (Lipinski definition) is 2. The van der Waals surface area contributed by atoms with Crippen LogP contribution in [0, 0.1) is 0 Å². The monoisotopic (exact) mass is 438 g/mol. The van der Waals surface area contributed by atoms with Gasteiger partial charge >= 0.3 is 0 Å². The van der Waals surface area contributed by atoms with Crippen LogP contribution < -0.4 is 14.8 Å². The number of anilines is 2. The predicted molar refractivity (Wildman–Crippen MR) is 123 cm³/mol. The average Bonchev–Trinajstić information content (AvgIpc) is 2.78. The second kappa shape index (κ2) is 10.1. The molecule has 0 radical (unpaired) electrons. The Balaban J connectivity index is 1.64. The van der Waals surface area contributed by atoms with Crippen LogP contribution >= 0.6 is 0 Å². The Morgan fingerprint density at radius 1 is 0.871 bits per heavy atom. The number of carbonyl (C=O) groups is 1. The van der Waals surface area contributed by atoms with Crippen molar-refractivity contribution in [1.82, 2.24) is 0 Å². The molecule has 0 saturated heterocycles. The SMILES string of the molecule is CCc1ccc(O[C@H](CC)C(=O)Nc2ccc(S(=O)(=O)Nc3ccccc3)cc2)cc1. The van der Waals surface area contributed by atoms with Crippen molar-refractivity contribution >= 4 is 27.3 Å². The zero-order valence-corrected chi connectivity index (χ0v) is 18.4. The average molecular weight is 439 g/mol. The second-order valence-electron chi connectivity index (χ2n) is 7.00. The molecule has 0 heterocycles. The fraction of sp³-hybridized carbons (Fsp3) is 0.208. The Kier molecular flexibility index (Phi) is 7.31. The number of ether oxygens (including phenoxy) is 1. The molecule has 2 N–H and O–H groups in total. The zero-order chi connectivity index (χ0) is 22.3. The van der Waals surface area contributed by atoms with E-state index in [4.69, 9.17) is 4.74 Å². The van der Waals surface area contributed by atoms with Crippen molar-refractivity contribution in [3.05, 3.63) is 84.4 Å². The topological polar surface area (TPSA) is 84.5 Å². The summed E-state index contributed by atoms with van der Waals surface area (Å²) in [6.45, 7) is 3.95. The molecule has 162 valence electrons. The Morgan fingerprint density at radius 3 is 2.10 bits per heavy atom. The molecular weight excluding hydrogens is 412 g/mol. The van der Waals surface area contributed by atoms with Gasteiger partial charge in [-0.3, -0.25) is 9.52 Å². The van der Waals surface area contributed by atoms with E-state index in [2.05, 4.69) is 17.0 Å². The lowest BCUT2D eigenvalue weighted by Crippen LogP contribution is -2.32. The number of amides is 1. The molecule has 1 amide bonds. The molecule has 31 heavy (non-hydrogen) atoms. The van der Waals surface area contributed by atoms with Gasteiger partial charge in [0, 0.05) is 11.4 Å². The van der Waals surface area contributed by atoms with Gasteiger partial charge in [-0.2, -0.15) is 0 Å². The van der Waals surface area contributed by atoms with Gasteiger partial charge in [0.2, 0.25) is 0 Å². The van der Waals surface area contributed by atoms with Crippen molar-refractivity contribution in [2.24, 2.45) is 0 Å². The lowest BCUT2D eigenvalue weighted by Gasteiger charge is -2.17. The fourth-order valence-corrected chi connectivity index (χ4v) is 4.01. The highest BCUT2D eigenvalue weighted by Gasteiger charge is 2.19. The van der Waals surface area contributed by atoms with Crippen LogP contribution in [0.3, 0.4) is 0 Å². The summed E-state index contributed by atoms with van der Waals surface area (Å²) in [5.41, 5.74) is 2.17. The highest BCUT2D eigenvalue weighted by atomic mass is 32.2. The van der Waals surface area contributed by atoms with E-state index < -0.39 is 16.1 Å². The number of hydrogen-bond acceptors (Lipinski definition) is 4. The summed E-state index contributed by atoms with van der Waals surface area (Å²) in [5, 5.41) is 2.78. The van der Waals surface area contributed by atoms with Crippen LogP contribution in [0.4, 0.5) is 11.4 Å². The summed E-state index contributed by atoms with van der Waals surface area (Å²) in [5.74, 6) is 0.340. The molecule has 3 aromatic rings. The van der Waals surface area contributed by atoms with Crippen molar-refractivity contribution < 1.29 is 17.9 Å². The number of carbonyl (C=O) groups excluding carboxylic acids is 1. The van der Waals surface area contributed by atoms with E-state index in [1.165, 1.54) is 17.7 Å². The van der Waals surface area contributed by atoms with E-state index in [1.807, 2.05) is 37.3 Å². The van der Waals surface area contributed by atoms with E-state index in [0.717, 1.165) is 6.42 Å². The molecular formula is C24H26N2O4S. The molecule has 0 aliphatic carbocycles. The van der Waals surface area contributed by atoms with E-state index >= 15 is 0 Å². The maximum absolute atomic E-state index is 12.6. The number of benzene rings is 3. The molecule has 1 atom stereocenters. The molecule has 6 nitrogen and oxygen atoms in total. The molecule has 0 spiro atoms.